The number of hydrogen-bond donors (Lipinski definition) is 1. The molecule has 3 heterocycles. The molecule has 0 bridgehead atoms. The van der Waals surface area contributed by atoms with E-state index in [2.05, 4.69) is 10.1 Å². The molecule has 2 amide bonds. The molecule has 1 N–H and O–H groups in total. The zero-order valence-corrected chi connectivity index (χ0v) is 16.4. The van der Waals surface area contributed by atoms with Crippen molar-refractivity contribution < 1.29 is 19.5 Å². The van der Waals surface area contributed by atoms with Gasteiger partial charge in [0.1, 0.15) is 6.54 Å². The number of carbonyl (C=O) groups excluding carboxylic acids is 2. The number of amides is 2. The standard InChI is InChI=1S/C19H25N5O4/c1-12-9-17-20-10-16(13(2)24(17)21-12)19(28)22-7-4-5-15(6-8-22)23(14(3)25)11-18(26)27/h9-10,15H,4-8,11H2,1-3H3,(H,26,27). The smallest absolute Gasteiger partial charge is 0.323 e. The van der Waals surface area contributed by atoms with Crippen molar-refractivity contribution in [3.8, 4) is 0 Å². The van der Waals surface area contributed by atoms with Crippen LogP contribution >= 0.6 is 0 Å². The molecule has 28 heavy (non-hydrogen) atoms. The first kappa shape index (κ1) is 19.8. The Hall–Kier alpha value is -2.97. The zero-order chi connectivity index (χ0) is 20.4. The first-order chi connectivity index (χ1) is 13.3. The molecule has 1 aliphatic rings. The molecule has 9 nitrogen and oxygen atoms in total. The van der Waals surface area contributed by atoms with Gasteiger partial charge in [-0.3, -0.25) is 14.4 Å². The highest BCUT2D eigenvalue weighted by Gasteiger charge is 2.28. The fourth-order valence-electron chi connectivity index (χ4n) is 3.78. The predicted octanol–water partition coefficient (Wildman–Crippen LogP) is 1.27. The van der Waals surface area contributed by atoms with Gasteiger partial charge in [-0.2, -0.15) is 5.10 Å². The van der Waals surface area contributed by atoms with Crippen LogP contribution < -0.4 is 0 Å². The summed E-state index contributed by atoms with van der Waals surface area (Å²) in [6.45, 7) is 5.81. The molecule has 0 saturated carbocycles. The lowest BCUT2D eigenvalue weighted by Gasteiger charge is -2.29. The number of hydrogen-bond acceptors (Lipinski definition) is 5. The van der Waals surface area contributed by atoms with Crippen LogP contribution in [0.5, 0.6) is 0 Å². The molecule has 2 aromatic heterocycles. The summed E-state index contributed by atoms with van der Waals surface area (Å²) in [5.74, 6) is -1.41. The highest BCUT2D eigenvalue weighted by Crippen LogP contribution is 2.20. The van der Waals surface area contributed by atoms with Gasteiger partial charge in [-0.1, -0.05) is 0 Å². The third-order valence-corrected chi connectivity index (χ3v) is 5.21. The molecule has 1 aliphatic heterocycles. The lowest BCUT2D eigenvalue weighted by atomic mass is 10.1. The Kier molecular flexibility index (Phi) is 5.62. The Morgan fingerprint density at radius 2 is 2.00 bits per heavy atom. The summed E-state index contributed by atoms with van der Waals surface area (Å²) in [4.78, 5) is 43.5. The summed E-state index contributed by atoms with van der Waals surface area (Å²) in [6.07, 6.45) is 3.51. The number of nitrogens with zero attached hydrogens (tertiary/aromatic N) is 5. The Balaban J connectivity index is 1.76. The number of aliphatic carboxylic acids is 1. The van der Waals surface area contributed by atoms with E-state index < -0.39 is 5.97 Å². The maximum Gasteiger partial charge on any atom is 0.323 e. The van der Waals surface area contributed by atoms with E-state index in [0.717, 1.165) is 11.4 Å². The van der Waals surface area contributed by atoms with Gasteiger partial charge in [0.2, 0.25) is 5.91 Å². The SMILES string of the molecule is CC(=O)N(CC(=O)O)C1CCCN(C(=O)c2cnc3cc(C)nn3c2C)CC1. The molecule has 0 radical (unpaired) electrons. The van der Waals surface area contributed by atoms with Crippen LogP contribution in [-0.2, 0) is 9.59 Å². The Morgan fingerprint density at radius 1 is 1.25 bits per heavy atom. The fourth-order valence-corrected chi connectivity index (χ4v) is 3.78. The zero-order valence-electron chi connectivity index (χ0n) is 16.4. The van der Waals surface area contributed by atoms with E-state index in [4.69, 9.17) is 5.11 Å². The van der Waals surface area contributed by atoms with Crippen molar-refractivity contribution in [2.75, 3.05) is 19.6 Å². The summed E-state index contributed by atoms with van der Waals surface area (Å²) >= 11 is 0. The van der Waals surface area contributed by atoms with Crippen molar-refractivity contribution in [3.05, 3.63) is 29.2 Å². The van der Waals surface area contributed by atoms with E-state index in [1.54, 1.807) is 15.6 Å². The quantitative estimate of drug-likeness (QED) is 0.846. The lowest BCUT2D eigenvalue weighted by Crippen LogP contribution is -2.43. The number of likely N-dealkylation sites (tertiary alicyclic amines) is 1. The summed E-state index contributed by atoms with van der Waals surface area (Å²) in [5.41, 5.74) is 2.77. The topological polar surface area (TPSA) is 108 Å². The normalized spacial score (nSPS) is 17.4. The van der Waals surface area contributed by atoms with Crippen LogP contribution in [0.15, 0.2) is 12.3 Å². The van der Waals surface area contributed by atoms with Crippen molar-refractivity contribution in [2.45, 2.75) is 46.1 Å². The number of fused-ring (bicyclic) bond motifs is 1. The fraction of sp³-hybridized carbons (Fsp3) is 0.526. The van der Waals surface area contributed by atoms with Crippen molar-refractivity contribution in [2.24, 2.45) is 0 Å². The molecule has 0 aromatic carbocycles. The number of aryl methyl sites for hydroxylation is 2. The molecule has 1 saturated heterocycles. The summed E-state index contributed by atoms with van der Waals surface area (Å²) in [5, 5.41) is 13.5. The van der Waals surface area contributed by atoms with Crippen molar-refractivity contribution in [1.82, 2.24) is 24.4 Å². The van der Waals surface area contributed by atoms with Gasteiger partial charge in [-0.15, -0.1) is 0 Å². The summed E-state index contributed by atoms with van der Waals surface area (Å²) < 4.78 is 1.67. The number of rotatable bonds is 4. The van der Waals surface area contributed by atoms with Gasteiger partial charge < -0.3 is 14.9 Å². The molecular formula is C19H25N5O4. The number of carboxylic acid groups (broad SMARTS) is 1. The molecule has 1 unspecified atom stereocenters. The molecule has 0 aliphatic carbocycles. The van der Waals surface area contributed by atoms with E-state index in [0.29, 0.717) is 43.6 Å². The van der Waals surface area contributed by atoms with E-state index in [1.807, 2.05) is 19.9 Å². The van der Waals surface area contributed by atoms with Crippen LogP contribution in [0.1, 0.15) is 47.9 Å². The predicted molar refractivity (Wildman–Crippen MR) is 101 cm³/mol. The van der Waals surface area contributed by atoms with Crippen LogP contribution in [-0.4, -0.2) is 73.0 Å². The van der Waals surface area contributed by atoms with Gasteiger partial charge in [-0.25, -0.2) is 9.50 Å². The van der Waals surface area contributed by atoms with Gasteiger partial charge in [-0.05, 0) is 33.1 Å². The average Bonchev–Trinajstić information content (AvgIpc) is 2.86. The highest BCUT2D eigenvalue weighted by atomic mass is 16.4. The molecule has 9 heteroatoms. The third-order valence-electron chi connectivity index (χ3n) is 5.21. The van der Waals surface area contributed by atoms with Crippen LogP contribution in [0.3, 0.4) is 0 Å². The maximum atomic E-state index is 13.1. The minimum absolute atomic E-state index is 0.117. The van der Waals surface area contributed by atoms with E-state index >= 15 is 0 Å². The second-order valence-corrected chi connectivity index (χ2v) is 7.23. The van der Waals surface area contributed by atoms with Crippen molar-refractivity contribution in [1.29, 1.82) is 0 Å². The first-order valence-electron chi connectivity index (χ1n) is 9.38. The third kappa shape index (κ3) is 3.97. The largest absolute Gasteiger partial charge is 0.480 e. The van der Waals surface area contributed by atoms with Crippen LogP contribution in [0.2, 0.25) is 0 Å². The van der Waals surface area contributed by atoms with E-state index in [9.17, 15) is 14.4 Å². The van der Waals surface area contributed by atoms with E-state index in [1.165, 1.54) is 11.8 Å². The van der Waals surface area contributed by atoms with Gasteiger partial charge >= 0.3 is 5.97 Å². The van der Waals surface area contributed by atoms with Gasteiger partial charge in [0, 0.05) is 38.3 Å². The molecule has 3 rings (SSSR count). The highest BCUT2D eigenvalue weighted by molar-refractivity contribution is 5.95. The molecule has 2 aromatic rings. The average molecular weight is 387 g/mol. The van der Waals surface area contributed by atoms with Gasteiger partial charge in [0.15, 0.2) is 5.65 Å². The number of carboxylic acids is 1. The summed E-state index contributed by atoms with van der Waals surface area (Å²) in [6, 6.07) is 1.68. The molecule has 1 atom stereocenters. The molecular weight excluding hydrogens is 362 g/mol. The van der Waals surface area contributed by atoms with Crippen LogP contribution in [0, 0.1) is 13.8 Å². The minimum atomic E-state index is -1.03. The minimum Gasteiger partial charge on any atom is -0.480 e. The Bertz CT molecular complexity index is 922. The number of aromatic nitrogens is 3. The number of carbonyl (C=O) groups is 3. The van der Waals surface area contributed by atoms with Crippen molar-refractivity contribution in [3.63, 3.8) is 0 Å². The lowest BCUT2D eigenvalue weighted by molar-refractivity contribution is -0.145. The molecule has 0 spiro atoms. The summed E-state index contributed by atoms with van der Waals surface area (Å²) in [7, 11) is 0. The second-order valence-electron chi connectivity index (χ2n) is 7.23. The van der Waals surface area contributed by atoms with Gasteiger partial charge in [0.05, 0.1) is 17.0 Å². The Labute approximate surface area is 162 Å². The van der Waals surface area contributed by atoms with Gasteiger partial charge in [0.25, 0.3) is 5.91 Å². The van der Waals surface area contributed by atoms with Crippen molar-refractivity contribution >= 4 is 23.4 Å². The maximum absolute atomic E-state index is 13.1. The first-order valence-corrected chi connectivity index (χ1v) is 9.38. The second kappa shape index (κ2) is 7.95. The Morgan fingerprint density at radius 3 is 2.68 bits per heavy atom. The van der Waals surface area contributed by atoms with E-state index in [-0.39, 0.29) is 24.4 Å². The van der Waals surface area contributed by atoms with Crippen LogP contribution in [0.25, 0.3) is 5.65 Å². The molecule has 1 fully saturated rings. The monoisotopic (exact) mass is 387 g/mol. The van der Waals surface area contributed by atoms with Crippen LogP contribution in [0.4, 0.5) is 0 Å². The molecule has 150 valence electrons.